The van der Waals surface area contributed by atoms with Crippen LogP contribution in [0, 0.1) is 23.2 Å². The van der Waals surface area contributed by atoms with Gasteiger partial charge in [-0.15, -0.1) is 0 Å². The number of carbonyl (C=O) groups excluding carboxylic acids is 2. The van der Waals surface area contributed by atoms with Crippen molar-refractivity contribution in [3.05, 3.63) is 24.2 Å². The number of furan rings is 1. The van der Waals surface area contributed by atoms with Crippen LogP contribution in [0.3, 0.4) is 0 Å². The highest BCUT2D eigenvalue weighted by molar-refractivity contribution is 5.95. The highest BCUT2D eigenvalue weighted by atomic mass is 16.3. The van der Waals surface area contributed by atoms with Gasteiger partial charge in [0.2, 0.25) is 11.7 Å². The summed E-state index contributed by atoms with van der Waals surface area (Å²) >= 11 is 0. The number of hydrogen-bond donors (Lipinski definition) is 0. The Hall–Kier alpha value is -1.62. The van der Waals surface area contributed by atoms with Gasteiger partial charge in [0.15, 0.2) is 5.76 Å². The fourth-order valence-corrected chi connectivity index (χ4v) is 6.54. The zero-order valence-electron chi connectivity index (χ0n) is 15.4. The lowest BCUT2D eigenvalue weighted by molar-refractivity contribution is -0.159. The average Bonchev–Trinajstić information content (AvgIpc) is 3.15. The van der Waals surface area contributed by atoms with Gasteiger partial charge < -0.3 is 9.32 Å². The molecule has 4 bridgehead atoms. The van der Waals surface area contributed by atoms with E-state index in [0.29, 0.717) is 18.2 Å². The van der Waals surface area contributed by atoms with E-state index >= 15 is 0 Å². The molecule has 0 radical (unpaired) electrons. The topological polar surface area (TPSA) is 53.8 Å². The highest BCUT2D eigenvalue weighted by Gasteiger charge is 2.55. The van der Waals surface area contributed by atoms with Gasteiger partial charge in [-0.2, -0.15) is 0 Å². The average molecular weight is 356 g/mol. The summed E-state index contributed by atoms with van der Waals surface area (Å²) < 4.78 is 5.19. The first-order valence-electron chi connectivity index (χ1n) is 10.2. The van der Waals surface area contributed by atoms with E-state index in [1.807, 2.05) is 0 Å². The molecule has 4 aliphatic carbocycles. The maximum Gasteiger partial charge on any atom is 0.228 e. The molecule has 1 amide bonds. The largest absolute Gasteiger partial charge is 0.461 e. The van der Waals surface area contributed by atoms with Crippen LogP contribution in [0.5, 0.6) is 0 Å². The summed E-state index contributed by atoms with van der Waals surface area (Å²) in [6.07, 6.45) is 9.05. The van der Waals surface area contributed by atoms with Crippen molar-refractivity contribution in [3.8, 4) is 0 Å². The highest BCUT2D eigenvalue weighted by Crippen LogP contribution is 2.60. The fraction of sp³-hybridized carbons (Fsp3) is 0.714. The zero-order chi connectivity index (χ0) is 17.7. The van der Waals surface area contributed by atoms with Crippen LogP contribution in [-0.4, -0.2) is 54.2 Å². The zero-order valence-corrected chi connectivity index (χ0v) is 15.4. The van der Waals surface area contributed by atoms with Gasteiger partial charge in [-0.3, -0.25) is 14.5 Å². The Morgan fingerprint density at radius 2 is 1.62 bits per heavy atom. The smallest absolute Gasteiger partial charge is 0.228 e. The van der Waals surface area contributed by atoms with E-state index < -0.39 is 0 Å². The third kappa shape index (κ3) is 2.81. The Labute approximate surface area is 154 Å². The second kappa shape index (κ2) is 6.22. The second-order valence-corrected chi connectivity index (χ2v) is 9.17. The lowest BCUT2D eigenvalue weighted by Crippen LogP contribution is -2.58. The number of Topliss-reactive ketones (excluding diaryl/α,β-unsaturated/α-hetero) is 1. The summed E-state index contributed by atoms with van der Waals surface area (Å²) in [5.74, 6) is 3.29. The molecule has 140 valence electrons. The molecule has 0 N–H and O–H groups in total. The Morgan fingerprint density at radius 3 is 2.15 bits per heavy atom. The summed E-state index contributed by atoms with van der Waals surface area (Å²) in [7, 11) is 0. The van der Waals surface area contributed by atoms with E-state index in [4.69, 9.17) is 4.42 Å². The van der Waals surface area contributed by atoms with Crippen molar-refractivity contribution in [1.29, 1.82) is 0 Å². The lowest BCUT2D eigenvalue weighted by Gasteiger charge is -2.57. The molecule has 1 aromatic heterocycles. The number of hydrogen-bond acceptors (Lipinski definition) is 4. The molecule has 4 saturated carbocycles. The van der Waals surface area contributed by atoms with Crippen LogP contribution >= 0.6 is 0 Å². The lowest BCUT2D eigenvalue weighted by atomic mass is 9.49. The molecule has 5 nitrogen and oxygen atoms in total. The van der Waals surface area contributed by atoms with Crippen molar-refractivity contribution >= 4 is 11.7 Å². The van der Waals surface area contributed by atoms with E-state index in [-0.39, 0.29) is 11.2 Å². The first kappa shape index (κ1) is 16.5. The monoisotopic (exact) mass is 356 g/mol. The second-order valence-electron chi connectivity index (χ2n) is 9.17. The van der Waals surface area contributed by atoms with Crippen LogP contribution in [0.25, 0.3) is 0 Å². The number of carbonyl (C=O) groups is 2. The van der Waals surface area contributed by atoms with E-state index in [2.05, 4.69) is 9.80 Å². The normalized spacial score (nSPS) is 36.5. The number of nitrogens with zero attached hydrogens (tertiary/aromatic N) is 2. The molecule has 5 heteroatoms. The quantitative estimate of drug-likeness (QED) is 0.779. The molecule has 0 spiro atoms. The van der Waals surface area contributed by atoms with Crippen molar-refractivity contribution in [3.63, 3.8) is 0 Å². The van der Waals surface area contributed by atoms with Crippen LogP contribution in [0.1, 0.15) is 49.1 Å². The maximum atomic E-state index is 13.4. The molecule has 0 atom stereocenters. The molecule has 1 aliphatic heterocycles. The van der Waals surface area contributed by atoms with E-state index in [9.17, 15) is 9.59 Å². The summed E-state index contributed by atoms with van der Waals surface area (Å²) in [6, 6.07) is 3.46. The van der Waals surface area contributed by atoms with Crippen LogP contribution in [0.4, 0.5) is 0 Å². The van der Waals surface area contributed by atoms with Crippen LogP contribution in [-0.2, 0) is 4.79 Å². The van der Waals surface area contributed by atoms with Crippen molar-refractivity contribution < 1.29 is 14.0 Å². The van der Waals surface area contributed by atoms with Gasteiger partial charge >= 0.3 is 0 Å². The molecule has 5 fully saturated rings. The number of piperazine rings is 1. The Bertz CT molecular complexity index is 653. The summed E-state index contributed by atoms with van der Waals surface area (Å²) in [5.41, 5.74) is -0.0408. The van der Waals surface area contributed by atoms with Crippen molar-refractivity contribution in [2.75, 3.05) is 32.7 Å². The first-order valence-corrected chi connectivity index (χ1v) is 10.2. The van der Waals surface area contributed by atoms with Crippen molar-refractivity contribution in [2.45, 2.75) is 38.5 Å². The van der Waals surface area contributed by atoms with Gasteiger partial charge in [-0.1, -0.05) is 0 Å². The summed E-state index contributed by atoms with van der Waals surface area (Å²) in [5, 5.41) is 0. The molecule has 6 rings (SSSR count). The first-order chi connectivity index (χ1) is 12.6. The van der Waals surface area contributed by atoms with Crippen LogP contribution in [0.2, 0.25) is 0 Å². The maximum absolute atomic E-state index is 13.4. The SMILES string of the molecule is O=C(CN1CCN(C(=O)C23CC4CC(CC(C4)C2)C3)CC1)c1ccco1. The molecule has 5 aliphatic rings. The number of rotatable bonds is 4. The minimum atomic E-state index is -0.0408. The third-order valence-electron chi connectivity index (χ3n) is 7.31. The van der Waals surface area contributed by atoms with Gasteiger partial charge in [0.25, 0.3) is 0 Å². The van der Waals surface area contributed by atoms with E-state index in [1.165, 1.54) is 25.5 Å². The summed E-state index contributed by atoms with van der Waals surface area (Å²) in [4.78, 5) is 29.8. The van der Waals surface area contributed by atoms with Gasteiger partial charge in [0.1, 0.15) is 0 Å². The van der Waals surface area contributed by atoms with E-state index in [1.54, 1.807) is 12.1 Å². The van der Waals surface area contributed by atoms with Gasteiger partial charge in [0.05, 0.1) is 18.2 Å². The molecule has 1 saturated heterocycles. The number of ketones is 1. The molecule has 0 unspecified atom stereocenters. The van der Waals surface area contributed by atoms with Gasteiger partial charge in [0, 0.05) is 26.2 Å². The fourth-order valence-electron chi connectivity index (χ4n) is 6.54. The van der Waals surface area contributed by atoms with Crippen LogP contribution < -0.4 is 0 Å². The minimum absolute atomic E-state index is 0.0239. The molecule has 0 aromatic carbocycles. The van der Waals surface area contributed by atoms with Gasteiger partial charge in [-0.05, 0) is 68.4 Å². The summed E-state index contributed by atoms with van der Waals surface area (Å²) in [6.45, 7) is 3.46. The molecule has 26 heavy (non-hydrogen) atoms. The molecule has 1 aromatic rings. The standard InChI is InChI=1S/C21H28N2O3/c24-18(19-2-1-7-26-19)14-22-3-5-23(6-4-22)20(25)21-11-15-8-16(12-21)10-17(9-15)13-21/h1-2,7,15-17H,3-6,8-14H2. The Kier molecular flexibility index (Phi) is 3.96. The van der Waals surface area contributed by atoms with Crippen molar-refractivity contribution in [2.24, 2.45) is 23.2 Å². The van der Waals surface area contributed by atoms with Crippen LogP contribution in [0.15, 0.2) is 22.8 Å². The molecule has 2 heterocycles. The third-order valence-corrected chi connectivity index (χ3v) is 7.31. The minimum Gasteiger partial charge on any atom is -0.461 e. The Morgan fingerprint density at radius 1 is 1.00 bits per heavy atom. The molecular weight excluding hydrogens is 328 g/mol. The Balaban J connectivity index is 1.19. The van der Waals surface area contributed by atoms with E-state index in [0.717, 1.165) is 63.2 Å². The molecular formula is C21H28N2O3. The predicted molar refractivity (Wildman–Crippen MR) is 96.7 cm³/mol. The van der Waals surface area contributed by atoms with Gasteiger partial charge in [-0.25, -0.2) is 0 Å². The van der Waals surface area contributed by atoms with Crippen molar-refractivity contribution in [1.82, 2.24) is 9.80 Å². The number of amides is 1. The predicted octanol–water partition coefficient (Wildman–Crippen LogP) is 2.82.